The Kier molecular flexibility index (Phi) is 4.64. The van der Waals surface area contributed by atoms with Crippen LogP contribution in [0.3, 0.4) is 0 Å². The fourth-order valence-corrected chi connectivity index (χ4v) is 2.61. The van der Waals surface area contributed by atoms with Gasteiger partial charge in [-0.05, 0) is 30.9 Å². The quantitative estimate of drug-likeness (QED) is 0.822. The van der Waals surface area contributed by atoms with Crippen LogP contribution in [0.2, 0.25) is 0 Å². The van der Waals surface area contributed by atoms with E-state index in [1.165, 1.54) is 12.1 Å². The van der Waals surface area contributed by atoms with Crippen molar-refractivity contribution in [2.75, 3.05) is 25.0 Å². The van der Waals surface area contributed by atoms with Gasteiger partial charge in [-0.15, -0.1) is 0 Å². The number of hydrogen-bond acceptors (Lipinski definition) is 3. The molecular weight excluding hydrogens is 243 g/mol. The number of aromatic hydroxyl groups is 1. The van der Waals surface area contributed by atoms with E-state index in [0.717, 1.165) is 38.2 Å². The molecule has 0 aliphatic carbocycles. The van der Waals surface area contributed by atoms with Gasteiger partial charge in [-0.25, -0.2) is 4.39 Å². The highest BCUT2D eigenvalue weighted by atomic mass is 19.1. The first-order valence-corrected chi connectivity index (χ1v) is 7.02. The highest BCUT2D eigenvalue weighted by molar-refractivity contribution is 5.47. The Morgan fingerprint density at radius 1 is 1.37 bits per heavy atom. The minimum Gasteiger partial charge on any atom is -0.505 e. The molecule has 1 fully saturated rings. The average molecular weight is 266 g/mol. The van der Waals surface area contributed by atoms with E-state index in [-0.39, 0.29) is 5.75 Å². The van der Waals surface area contributed by atoms with Gasteiger partial charge >= 0.3 is 0 Å². The van der Waals surface area contributed by atoms with Gasteiger partial charge in [0.15, 0.2) is 11.6 Å². The normalized spacial score (nSPS) is 17.9. The van der Waals surface area contributed by atoms with Gasteiger partial charge in [-0.2, -0.15) is 0 Å². The number of phenols is 1. The molecule has 0 saturated carbocycles. The summed E-state index contributed by atoms with van der Waals surface area (Å²) in [4.78, 5) is 2.49. The molecule has 0 amide bonds. The van der Waals surface area contributed by atoms with Crippen molar-refractivity contribution in [2.45, 2.75) is 32.7 Å². The van der Waals surface area contributed by atoms with E-state index >= 15 is 0 Å². The third kappa shape index (κ3) is 4.10. The fraction of sp³-hybridized carbons (Fsp3) is 0.600. The number of piperidine rings is 1. The second-order valence-electron chi connectivity index (χ2n) is 5.78. The summed E-state index contributed by atoms with van der Waals surface area (Å²) < 4.78 is 13.2. The largest absolute Gasteiger partial charge is 0.505 e. The number of phenolic OH excluding ortho intramolecular Hbond substituents is 1. The fourth-order valence-electron chi connectivity index (χ4n) is 2.61. The van der Waals surface area contributed by atoms with Crippen LogP contribution in [0.15, 0.2) is 18.2 Å². The highest BCUT2D eigenvalue weighted by Crippen LogP contribution is 2.22. The summed E-state index contributed by atoms with van der Waals surface area (Å²) in [5.41, 5.74) is 0.748. The molecule has 0 radical (unpaired) electrons. The van der Waals surface area contributed by atoms with E-state index in [4.69, 9.17) is 5.11 Å². The maximum Gasteiger partial charge on any atom is 0.166 e. The van der Waals surface area contributed by atoms with E-state index in [1.54, 1.807) is 6.07 Å². The van der Waals surface area contributed by atoms with Gasteiger partial charge in [-0.3, -0.25) is 0 Å². The van der Waals surface area contributed by atoms with Crippen molar-refractivity contribution >= 4 is 5.69 Å². The SMILES string of the molecule is CC(C)CN1CCC(Nc2ccc(O)c(F)c2)CC1. The molecule has 4 heteroatoms. The number of rotatable bonds is 4. The molecule has 1 aromatic carbocycles. The number of nitrogens with zero attached hydrogens (tertiary/aromatic N) is 1. The molecule has 1 aromatic rings. The van der Waals surface area contributed by atoms with Crippen molar-refractivity contribution in [3.63, 3.8) is 0 Å². The molecule has 0 unspecified atom stereocenters. The van der Waals surface area contributed by atoms with Crippen LogP contribution in [0, 0.1) is 11.7 Å². The van der Waals surface area contributed by atoms with Crippen molar-refractivity contribution < 1.29 is 9.50 Å². The number of anilines is 1. The maximum atomic E-state index is 13.2. The van der Waals surface area contributed by atoms with E-state index in [1.807, 2.05) is 0 Å². The summed E-state index contributed by atoms with van der Waals surface area (Å²) in [6.45, 7) is 7.82. The van der Waals surface area contributed by atoms with Gasteiger partial charge in [0.1, 0.15) is 0 Å². The molecule has 2 N–H and O–H groups in total. The Morgan fingerprint density at radius 2 is 2.05 bits per heavy atom. The number of halogens is 1. The molecule has 19 heavy (non-hydrogen) atoms. The van der Waals surface area contributed by atoms with Crippen molar-refractivity contribution in [1.82, 2.24) is 4.90 Å². The van der Waals surface area contributed by atoms with Crippen LogP contribution in [0.25, 0.3) is 0 Å². The van der Waals surface area contributed by atoms with Gasteiger partial charge in [0.2, 0.25) is 0 Å². The number of likely N-dealkylation sites (tertiary alicyclic amines) is 1. The standard InChI is InChI=1S/C15H23FN2O/c1-11(2)10-18-7-5-12(6-8-18)17-13-3-4-15(19)14(16)9-13/h3-4,9,11-12,17,19H,5-8,10H2,1-2H3. The third-order valence-corrected chi connectivity index (χ3v) is 3.53. The molecule has 2 rings (SSSR count). The number of hydrogen-bond donors (Lipinski definition) is 2. The first kappa shape index (κ1) is 14.1. The average Bonchev–Trinajstić information content (AvgIpc) is 2.36. The Labute approximate surface area is 114 Å². The zero-order valence-electron chi connectivity index (χ0n) is 11.7. The van der Waals surface area contributed by atoms with Gasteiger partial charge in [-0.1, -0.05) is 13.8 Å². The molecule has 1 heterocycles. The Hall–Kier alpha value is -1.29. The lowest BCUT2D eigenvalue weighted by atomic mass is 10.0. The third-order valence-electron chi connectivity index (χ3n) is 3.53. The van der Waals surface area contributed by atoms with Crippen LogP contribution in [0.4, 0.5) is 10.1 Å². The second-order valence-corrected chi connectivity index (χ2v) is 5.78. The lowest BCUT2D eigenvalue weighted by Gasteiger charge is -2.33. The van der Waals surface area contributed by atoms with Gasteiger partial charge in [0.05, 0.1) is 0 Å². The van der Waals surface area contributed by atoms with Crippen molar-refractivity contribution in [2.24, 2.45) is 5.92 Å². The van der Waals surface area contributed by atoms with E-state index in [2.05, 4.69) is 24.1 Å². The van der Waals surface area contributed by atoms with Crippen LogP contribution in [0.5, 0.6) is 5.75 Å². The van der Waals surface area contributed by atoms with Gasteiger partial charge in [0.25, 0.3) is 0 Å². The van der Waals surface area contributed by atoms with Crippen LogP contribution < -0.4 is 5.32 Å². The molecule has 0 spiro atoms. The van der Waals surface area contributed by atoms with Gasteiger partial charge < -0.3 is 15.3 Å². The predicted octanol–water partition coefficient (Wildman–Crippen LogP) is 3.06. The summed E-state index contributed by atoms with van der Waals surface area (Å²) in [5, 5.41) is 12.5. The zero-order chi connectivity index (χ0) is 13.8. The molecule has 1 aliphatic heterocycles. The van der Waals surface area contributed by atoms with Crippen LogP contribution >= 0.6 is 0 Å². The van der Waals surface area contributed by atoms with E-state index < -0.39 is 5.82 Å². The van der Waals surface area contributed by atoms with E-state index in [9.17, 15) is 4.39 Å². The smallest absolute Gasteiger partial charge is 0.166 e. The Morgan fingerprint density at radius 3 is 2.63 bits per heavy atom. The maximum absolute atomic E-state index is 13.2. The first-order valence-electron chi connectivity index (χ1n) is 7.02. The Bertz CT molecular complexity index is 415. The summed E-state index contributed by atoms with van der Waals surface area (Å²) in [6.07, 6.45) is 2.16. The molecule has 106 valence electrons. The number of nitrogens with one attached hydrogen (secondary N) is 1. The lowest BCUT2D eigenvalue weighted by molar-refractivity contribution is 0.198. The number of benzene rings is 1. The van der Waals surface area contributed by atoms with Crippen LogP contribution in [0.1, 0.15) is 26.7 Å². The van der Waals surface area contributed by atoms with Crippen molar-refractivity contribution in [3.05, 3.63) is 24.0 Å². The van der Waals surface area contributed by atoms with Crippen molar-refractivity contribution in [1.29, 1.82) is 0 Å². The lowest BCUT2D eigenvalue weighted by Crippen LogP contribution is -2.40. The van der Waals surface area contributed by atoms with Gasteiger partial charge in [0, 0.05) is 37.4 Å². The molecule has 3 nitrogen and oxygen atoms in total. The summed E-state index contributed by atoms with van der Waals surface area (Å²) in [6, 6.07) is 4.87. The minimum atomic E-state index is -0.567. The molecule has 1 saturated heterocycles. The summed E-state index contributed by atoms with van der Waals surface area (Å²) >= 11 is 0. The van der Waals surface area contributed by atoms with Crippen molar-refractivity contribution in [3.8, 4) is 5.75 Å². The molecule has 1 aliphatic rings. The predicted molar refractivity (Wildman–Crippen MR) is 76.0 cm³/mol. The summed E-state index contributed by atoms with van der Waals surface area (Å²) in [5.74, 6) is -0.157. The molecular formula is C15H23FN2O. The monoisotopic (exact) mass is 266 g/mol. The van der Waals surface area contributed by atoms with Crippen LogP contribution in [-0.2, 0) is 0 Å². The van der Waals surface area contributed by atoms with E-state index in [0.29, 0.717) is 12.0 Å². The minimum absolute atomic E-state index is 0.294. The molecule has 0 bridgehead atoms. The first-order chi connectivity index (χ1) is 9.04. The molecule has 0 atom stereocenters. The van der Waals surface area contributed by atoms with Crippen LogP contribution in [-0.4, -0.2) is 35.7 Å². The topological polar surface area (TPSA) is 35.5 Å². The second kappa shape index (κ2) is 6.24. The molecule has 0 aromatic heterocycles. The Balaban J connectivity index is 1.83. The summed E-state index contributed by atoms with van der Waals surface area (Å²) in [7, 11) is 0. The highest BCUT2D eigenvalue weighted by Gasteiger charge is 2.19. The zero-order valence-corrected chi connectivity index (χ0v) is 11.7.